The number of carbonyl (C=O) groups is 1. The molecule has 1 atom stereocenters. The van der Waals surface area contributed by atoms with Gasteiger partial charge in [0.15, 0.2) is 0 Å². The Morgan fingerprint density at radius 3 is 2.95 bits per heavy atom. The number of nitrogens with two attached hydrogens (primary N) is 1. The number of esters is 1. The summed E-state index contributed by atoms with van der Waals surface area (Å²) in [6.07, 6.45) is 3.69. The van der Waals surface area contributed by atoms with Gasteiger partial charge in [-0.25, -0.2) is 4.79 Å². The average molecular weight is 293 g/mol. The molecule has 0 saturated heterocycles. The van der Waals surface area contributed by atoms with Crippen molar-refractivity contribution in [1.82, 2.24) is 9.55 Å². The van der Waals surface area contributed by atoms with Crippen LogP contribution in [0.4, 0.5) is 5.82 Å². The molecule has 1 aliphatic rings. The molecular weight excluding hydrogens is 274 g/mol. The van der Waals surface area contributed by atoms with Gasteiger partial charge in [-0.05, 0) is 18.1 Å². The van der Waals surface area contributed by atoms with Crippen molar-refractivity contribution in [3.05, 3.63) is 28.3 Å². The number of aromatic nitrogens is 2. The standard InChI is InChI=1S/C14H19N3O4/c1-9(2)12(19)21-8-14(7-18)5-10(14)6-17-4-3-11(15)16-13(17)20/h3-4,6,9,18H,5,7-8H2,1-2H3,(H2,15,16,20)/b10-6+. The molecule has 114 valence electrons. The summed E-state index contributed by atoms with van der Waals surface area (Å²) in [5.41, 5.74) is 5.20. The summed E-state index contributed by atoms with van der Waals surface area (Å²) in [6.45, 7) is 3.47. The molecule has 2 rings (SSSR count). The highest BCUT2D eigenvalue weighted by molar-refractivity contribution is 5.71. The molecule has 1 unspecified atom stereocenters. The summed E-state index contributed by atoms with van der Waals surface area (Å²) >= 11 is 0. The number of ether oxygens (including phenoxy) is 1. The average Bonchev–Trinajstić information content (AvgIpc) is 3.13. The van der Waals surface area contributed by atoms with Gasteiger partial charge in [0, 0.05) is 12.4 Å². The highest BCUT2D eigenvalue weighted by Gasteiger charge is 2.50. The summed E-state index contributed by atoms with van der Waals surface area (Å²) in [4.78, 5) is 26.7. The highest BCUT2D eigenvalue weighted by atomic mass is 16.5. The van der Waals surface area contributed by atoms with E-state index in [2.05, 4.69) is 4.98 Å². The van der Waals surface area contributed by atoms with E-state index in [1.165, 1.54) is 16.8 Å². The Labute approximate surface area is 122 Å². The van der Waals surface area contributed by atoms with E-state index in [1.807, 2.05) is 0 Å². The van der Waals surface area contributed by atoms with Crippen LogP contribution in [0.2, 0.25) is 0 Å². The third-order valence-electron chi connectivity index (χ3n) is 3.50. The van der Waals surface area contributed by atoms with E-state index in [0.29, 0.717) is 6.42 Å². The van der Waals surface area contributed by atoms with Gasteiger partial charge >= 0.3 is 11.7 Å². The molecular formula is C14H19N3O4. The molecule has 21 heavy (non-hydrogen) atoms. The number of nitrogen functional groups attached to an aromatic ring is 1. The van der Waals surface area contributed by atoms with Gasteiger partial charge in [0.1, 0.15) is 12.4 Å². The van der Waals surface area contributed by atoms with E-state index in [9.17, 15) is 14.7 Å². The number of nitrogens with zero attached hydrogens (tertiary/aromatic N) is 2. The molecule has 7 heteroatoms. The van der Waals surface area contributed by atoms with Crippen molar-refractivity contribution in [2.24, 2.45) is 11.3 Å². The van der Waals surface area contributed by atoms with Crippen LogP contribution in [0.3, 0.4) is 0 Å². The number of aliphatic hydroxyl groups is 1. The number of aliphatic hydroxyl groups excluding tert-OH is 1. The van der Waals surface area contributed by atoms with Crippen LogP contribution >= 0.6 is 0 Å². The number of carbonyl (C=O) groups excluding carboxylic acids is 1. The van der Waals surface area contributed by atoms with Gasteiger partial charge in [0.05, 0.1) is 17.9 Å². The topological polar surface area (TPSA) is 107 Å². The second-order valence-corrected chi connectivity index (χ2v) is 5.57. The molecule has 1 saturated carbocycles. The van der Waals surface area contributed by atoms with Crippen LogP contribution < -0.4 is 11.4 Å². The Kier molecular flexibility index (Phi) is 4.13. The lowest BCUT2D eigenvalue weighted by Crippen LogP contribution is -2.22. The second kappa shape index (κ2) is 5.69. The molecule has 0 spiro atoms. The maximum absolute atomic E-state index is 11.6. The zero-order valence-corrected chi connectivity index (χ0v) is 12.1. The highest BCUT2D eigenvalue weighted by Crippen LogP contribution is 2.52. The van der Waals surface area contributed by atoms with Crippen molar-refractivity contribution >= 4 is 18.0 Å². The minimum absolute atomic E-state index is 0.115. The largest absolute Gasteiger partial charge is 0.464 e. The van der Waals surface area contributed by atoms with E-state index in [4.69, 9.17) is 10.5 Å². The summed E-state index contributed by atoms with van der Waals surface area (Å²) in [7, 11) is 0. The van der Waals surface area contributed by atoms with Gasteiger partial charge in [-0.15, -0.1) is 0 Å². The fourth-order valence-electron chi connectivity index (χ4n) is 1.92. The van der Waals surface area contributed by atoms with Crippen molar-refractivity contribution in [2.75, 3.05) is 18.9 Å². The Morgan fingerprint density at radius 2 is 2.38 bits per heavy atom. The first-order chi connectivity index (χ1) is 9.88. The van der Waals surface area contributed by atoms with Crippen molar-refractivity contribution in [1.29, 1.82) is 0 Å². The van der Waals surface area contributed by atoms with Crippen LogP contribution in [0.25, 0.3) is 6.20 Å². The summed E-state index contributed by atoms with van der Waals surface area (Å²) in [5, 5.41) is 9.51. The molecule has 0 amide bonds. The van der Waals surface area contributed by atoms with Crippen LogP contribution in [0, 0.1) is 11.3 Å². The van der Waals surface area contributed by atoms with E-state index in [0.717, 1.165) is 5.57 Å². The first-order valence-electron chi connectivity index (χ1n) is 6.71. The Morgan fingerprint density at radius 1 is 1.67 bits per heavy atom. The second-order valence-electron chi connectivity index (χ2n) is 5.57. The Bertz CT molecular complexity index is 635. The predicted octanol–water partition coefficient (Wildman–Crippen LogP) is 0.248. The van der Waals surface area contributed by atoms with E-state index < -0.39 is 11.1 Å². The van der Waals surface area contributed by atoms with E-state index in [1.54, 1.807) is 20.0 Å². The predicted molar refractivity (Wildman–Crippen MR) is 77.1 cm³/mol. The van der Waals surface area contributed by atoms with Gasteiger partial charge in [-0.3, -0.25) is 9.36 Å². The van der Waals surface area contributed by atoms with Crippen molar-refractivity contribution < 1.29 is 14.6 Å². The molecule has 0 aromatic carbocycles. The molecule has 1 aliphatic carbocycles. The third-order valence-corrected chi connectivity index (χ3v) is 3.50. The van der Waals surface area contributed by atoms with Gasteiger partial charge < -0.3 is 15.6 Å². The molecule has 1 fully saturated rings. The van der Waals surface area contributed by atoms with Crippen LogP contribution in [0.5, 0.6) is 0 Å². The molecule has 7 nitrogen and oxygen atoms in total. The molecule has 0 bridgehead atoms. The Hall–Kier alpha value is -2.15. The molecule has 3 N–H and O–H groups in total. The van der Waals surface area contributed by atoms with Gasteiger partial charge in [-0.2, -0.15) is 4.98 Å². The fraction of sp³-hybridized carbons (Fsp3) is 0.500. The number of hydrogen-bond donors (Lipinski definition) is 2. The normalized spacial score (nSPS) is 22.6. The molecule has 1 aromatic rings. The molecule has 1 aromatic heterocycles. The third kappa shape index (κ3) is 3.30. The zero-order chi connectivity index (χ0) is 15.6. The van der Waals surface area contributed by atoms with Gasteiger partial charge in [0.25, 0.3) is 0 Å². The smallest absolute Gasteiger partial charge is 0.353 e. The van der Waals surface area contributed by atoms with Crippen molar-refractivity contribution in [3.63, 3.8) is 0 Å². The molecule has 0 aliphatic heterocycles. The molecule has 0 radical (unpaired) electrons. The maximum atomic E-state index is 11.6. The van der Waals surface area contributed by atoms with Gasteiger partial charge in [-0.1, -0.05) is 13.8 Å². The first-order valence-corrected chi connectivity index (χ1v) is 6.71. The fourth-order valence-corrected chi connectivity index (χ4v) is 1.92. The van der Waals surface area contributed by atoms with Crippen molar-refractivity contribution in [3.8, 4) is 0 Å². The maximum Gasteiger partial charge on any atom is 0.353 e. The van der Waals surface area contributed by atoms with Crippen LogP contribution in [-0.4, -0.2) is 33.8 Å². The quantitative estimate of drug-likeness (QED) is 0.753. The minimum Gasteiger partial charge on any atom is -0.464 e. The Balaban J connectivity index is 2.10. The number of hydrogen-bond acceptors (Lipinski definition) is 6. The number of anilines is 1. The zero-order valence-electron chi connectivity index (χ0n) is 12.1. The van der Waals surface area contributed by atoms with Gasteiger partial charge in [0.2, 0.25) is 0 Å². The lowest BCUT2D eigenvalue weighted by molar-refractivity contribution is -0.149. The van der Waals surface area contributed by atoms with Crippen LogP contribution in [-0.2, 0) is 9.53 Å². The SMILES string of the molecule is CC(C)C(=O)OCC1(CO)C/C1=C\n1ccc(N)nc1=O. The van der Waals surface area contributed by atoms with Crippen molar-refractivity contribution in [2.45, 2.75) is 20.3 Å². The lowest BCUT2D eigenvalue weighted by atomic mass is 10.1. The molecule has 1 heterocycles. The monoisotopic (exact) mass is 293 g/mol. The minimum atomic E-state index is -0.578. The summed E-state index contributed by atoms with van der Waals surface area (Å²) in [6, 6.07) is 1.51. The summed E-state index contributed by atoms with van der Waals surface area (Å²) < 4.78 is 6.48. The van der Waals surface area contributed by atoms with Crippen LogP contribution in [0.15, 0.2) is 22.6 Å². The number of rotatable bonds is 5. The van der Waals surface area contributed by atoms with E-state index in [-0.39, 0.29) is 30.9 Å². The van der Waals surface area contributed by atoms with E-state index >= 15 is 0 Å². The summed E-state index contributed by atoms with van der Waals surface area (Å²) in [5.74, 6) is -0.360. The van der Waals surface area contributed by atoms with Crippen LogP contribution in [0.1, 0.15) is 20.3 Å². The first kappa shape index (κ1) is 15.2. The lowest BCUT2D eigenvalue weighted by Gasteiger charge is -2.13.